The average Bonchev–Trinajstić information content (AvgIpc) is 2.67. The Morgan fingerprint density at radius 3 is 2.71 bits per heavy atom. The van der Waals surface area contributed by atoms with Gasteiger partial charge in [0.2, 0.25) is 5.95 Å². The van der Waals surface area contributed by atoms with Crippen molar-refractivity contribution in [3.63, 3.8) is 0 Å². The van der Waals surface area contributed by atoms with Gasteiger partial charge in [0.1, 0.15) is 17.2 Å². The van der Waals surface area contributed by atoms with Gasteiger partial charge in [-0.25, -0.2) is 14.8 Å². The molecule has 1 amide bonds. The van der Waals surface area contributed by atoms with Crippen molar-refractivity contribution in [1.29, 1.82) is 0 Å². The summed E-state index contributed by atoms with van der Waals surface area (Å²) < 4.78 is 5.39. The highest BCUT2D eigenvalue weighted by Gasteiger charge is 2.26. The van der Waals surface area contributed by atoms with E-state index in [-0.39, 0.29) is 12.0 Å². The van der Waals surface area contributed by atoms with Gasteiger partial charge in [-0.2, -0.15) is 4.98 Å². The van der Waals surface area contributed by atoms with E-state index < -0.39 is 11.7 Å². The van der Waals surface area contributed by atoms with Gasteiger partial charge in [-0.3, -0.25) is 0 Å². The molecule has 1 unspecified atom stereocenters. The number of ether oxygens (including phenoxy) is 1. The SMILES string of the molecule is Cc1nc(N)nc(N2CCCC(NC(=O)OC(C)(C)C)C2)c1C#Cc1ccc(N)nc1. The van der Waals surface area contributed by atoms with Gasteiger partial charge < -0.3 is 26.4 Å². The molecule has 3 rings (SSSR count). The molecule has 9 nitrogen and oxygen atoms in total. The molecule has 0 aromatic carbocycles. The van der Waals surface area contributed by atoms with Crippen LogP contribution in [0.1, 0.15) is 50.4 Å². The molecule has 0 bridgehead atoms. The fourth-order valence-corrected chi connectivity index (χ4v) is 3.33. The minimum Gasteiger partial charge on any atom is -0.444 e. The van der Waals surface area contributed by atoms with E-state index in [1.807, 2.05) is 33.8 Å². The van der Waals surface area contributed by atoms with Gasteiger partial charge in [0.25, 0.3) is 0 Å². The van der Waals surface area contributed by atoms with Gasteiger partial charge in [-0.15, -0.1) is 0 Å². The van der Waals surface area contributed by atoms with Crippen LogP contribution in [0.5, 0.6) is 0 Å². The van der Waals surface area contributed by atoms with Crippen molar-refractivity contribution in [2.45, 2.75) is 52.2 Å². The van der Waals surface area contributed by atoms with E-state index in [2.05, 4.69) is 37.0 Å². The lowest BCUT2D eigenvalue weighted by Crippen LogP contribution is -2.49. The molecular weight excluding hydrogens is 394 g/mol. The van der Waals surface area contributed by atoms with Crippen LogP contribution < -0.4 is 21.7 Å². The van der Waals surface area contributed by atoms with Crippen LogP contribution in [0.2, 0.25) is 0 Å². The first-order chi connectivity index (χ1) is 14.6. The van der Waals surface area contributed by atoms with Gasteiger partial charge in [-0.05, 0) is 52.7 Å². The van der Waals surface area contributed by atoms with Crippen LogP contribution in [-0.4, -0.2) is 45.8 Å². The number of piperidine rings is 1. The Morgan fingerprint density at radius 1 is 1.26 bits per heavy atom. The maximum absolute atomic E-state index is 12.2. The molecule has 0 saturated carbocycles. The van der Waals surface area contributed by atoms with Crippen LogP contribution in [0, 0.1) is 18.8 Å². The minimum atomic E-state index is -0.545. The molecule has 31 heavy (non-hydrogen) atoms. The Bertz CT molecular complexity index is 1000. The first kappa shape index (κ1) is 22.2. The Hall–Kier alpha value is -3.54. The Labute approximate surface area is 182 Å². The van der Waals surface area contributed by atoms with E-state index >= 15 is 0 Å². The number of pyridine rings is 1. The third-order valence-electron chi connectivity index (χ3n) is 4.65. The number of aryl methyl sites for hydroxylation is 1. The van der Waals surface area contributed by atoms with E-state index in [0.29, 0.717) is 29.4 Å². The minimum absolute atomic E-state index is 0.0674. The zero-order valence-electron chi connectivity index (χ0n) is 18.4. The predicted molar refractivity (Wildman–Crippen MR) is 120 cm³/mol. The molecule has 3 heterocycles. The fraction of sp³-hybridized carbons (Fsp3) is 0.455. The van der Waals surface area contributed by atoms with Crippen LogP contribution in [0.25, 0.3) is 0 Å². The highest BCUT2D eigenvalue weighted by Crippen LogP contribution is 2.24. The lowest BCUT2D eigenvalue weighted by molar-refractivity contribution is 0.0500. The van der Waals surface area contributed by atoms with Crippen molar-refractivity contribution in [3.8, 4) is 11.8 Å². The molecule has 2 aromatic rings. The monoisotopic (exact) mass is 423 g/mol. The second kappa shape index (κ2) is 9.08. The van der Waals surface area contributed by atoms with Crippen LogP contribution in [-0.2, 0) is 4.74 Å². The summed E-state index contributed by atoms with van der Waals surface area (Å²) >= 11 is 0. The molecule has 9 heteroatoms. The van der Waals surface area contributed by atoms with E-state index in [1.54, 1.807) is 12.3 Å². The lowest BCUT2D eigenvalue weighted by Gasteiger charge is -2.35. The normalized spacial score (nSPS) is 16.3. The molecular formula is C22H29N7O2. The van der Waals surface area contributed by atoms with E-state index in [9.17, 15) is 4.79 Å². The fourth-order valence-electron chi connectivity index (χ4n) is 3.33. The summed E-state index contributed by atoms with van der Waals surface area (Å²) in [4.78, 5) is 27.1. The lowest BCUT2D eigenvalue weighted by atomic mass is 10.0. The maximum atomic E-state index is 12.2. The number of nitrogens with two attached hydrogens (primary N) is 2. The van der Waals surface area contributed by atoms with E-state index in [0.717, 1.165) is 24.9 Å². The number of nitrogen functional groups attached to an aromatic ring is 2. The van der Waals surface area contributed by atoms with Crippen molar-refractivity contribution in [2.75, 3.05) is 29.5 Å². The Balaban J connectivity index is 1.83. The molecule has 0 aliphatic carbocycles. The summed E-state index contributed by atoms with van der Waals surface area (Å²) in [5.74, 6) is 7.55. The number of aromatic nitrogens is 3. The zero-order chi connectivity index (χ0) is 22.6. The highest BCUT2D eigenvalue weighted by molar-refractivity contribution is 5.68. The van der Waals surface area contributed by atoms with Crippen molar-refractivity contribution in [2.24, 2.45) is 0 Å². The van der Waals surface area contributed by atoms with Crippen LogP contribution >= 0.6 is 0 Å². The number of nitrogens with one attached hydrogen (secondary N) is 1. The van der Waals surface area contributed by atoms with Crippen LogP contribution in [0.4, 0.5) is 22.4 Å². The summed E-state index contributed by atoms with van der Waals surface area (Å²) in [6, 6.07) is 3.45. The van der Waals surface area contributed by atoms with Crippen LogP contribution in [0.15, 0.2) is 18.3 Å². The molecule has 1 saturated heterocycles. The van der Waals surface area contributed by atoms with Gasteiger partial charge in [0.15, 0.2) is 0 Å². The summed E-state index contributed by atoms with van der Waals surface area (Å²) in [7, 11) is 0. The molecule has 2 aromatic heterocycles. The molecule has 1 fully saturated rings. The first-order valence-electron chi connectivity index (χ1n) is 10.2. The Kier molecular flexibility index (Phi) is 6.49. The molecule has 1 aliphatic rings. The zero-order valence-corrected chi connectivity index (χ0v) is 18.4. The maximum Gasteiger partial charge on any atom is 0.407 e. The van der Waals surface area contributed by atoms with E-state index in [4.69, 9.17) is 16.2 Å². The largest absolute Gasteiger partial charge is 0.444 e. The summed E-state index contributed by atoms with van der Waals surface area (Å²) in [5.41, 5.74) is 13.2. The smallest absolute Gasteiger partial charge is 0.407 e. The summed E-state index contributed by atoms with van der Waals surface area (Å²) in [5, 5.41) is 2.95. The number of anilines is 3. The number of rotatable bonds is 2. The van der Waals surface area contributed by atoms with Crippen molar-refractivity contribution in [3.05, 3.63) is 35.2 Å². The standard InChI is InChI=1S/C22H29N7O2/c1-14-17(9-7-15-8-10-18(23)25-12-15)19(28-20(24)26-14)29-11-5-6-16(13-29)27-21(30)31-22(2,3)4/h8,10,12,16H,5-6,11,13H2,1-4H3,(H2,23,25)(H,27,30)(H2,24,26,28). The number of nitrogens with zero attached hydrogens (tertiary/aromatic N) is 4. The molecule has 5 N–H and O–H groups in total. The molecule has 1 atom stereocenters. The van der Waals surface area contributed by atoms with Gasteiger partial charge >= 0.3 is 6.09 Å². The molecule has 164 valence electrons. The molecule has 0 radical (unpaired) electrons. The number of carbonyl (C=O) groups is 1. The molecule has 1 aliphatic heterocycles. The number of amides is 1. The van der Waals surface area contributed by atoms with E-state index in [1.165, 1.54) is 0 Å². The van der Waals surface area contributed by atoms with Crippen molar-refractivity contribution < 1.29 is 9.53 Å². The average molecular weight is 424 g/mol. The molecule has 0 spiro atoms. The highest BCUT2D eigenvalue weighted by atomic mass is 16.6. The topological polar surface area (TPSA) is 132 Å². The number of hydrogen-bond donors (Lipinski definition) is 3. The van der Waals surface area contributed by atoms with Crippen LogP contribution in [0.3, 0.4) is 0 Å². The quantitative estimate of drug-likeness (QED) is 0.627. The Morgan fingerprint density at radius 2 is 2.03 bits per heavy atom. The third-order valence-corrected chi connectivity index (χ3v) is 4.65. The number of hydrogen-bond acceptors (Lipinski definition) is 8. The summed E-state index contributed by atoms with van der Waals surface area (Å²) in [6.45, 7) is 8.73. The second-order valence-corrected chi connectivity index (χ2v) is 8.52. The summed E-state index contributed by atoms with van der Waals surface area (Å²) in [6.07, 6.45) is 2.94. The number of carbonyl (C=O) groups excluding carboxylic acids is 1. The van der Waals surface area contributed by atoms with Gasteiger partial charge in [0.05, 0.1) is 11.3 Å². The first-order valence-corrected chi connectivity index (χ1v) is 10.2. The predicted octanol–water partition coefficient (Wildman–Crippen LogP) is 2.24. The van der Waals surface area contributed by atoms with Crippen molar-refractivity contribution in [1.82, 2.24) is 20.3 Å². The van der Waals surface area contributed by atoms with Gasteiger partial charge in [-0.1, -0.05) is 11.8 Å². The number of alkyl carbamates (subject to hydrolysis) is 1. The van der Waals surface area contributed by atoms with Gasteiger partial charge in [0, 0.05) is 30.9 Å². The third kappa shape index (κ3) is 6.22. The van der Waals surface area contributed by atoms with Crippen molar-refractivity contribution >= 4 is 23.7 Å². The second-order valence-electron chi connectivity index (χ2n) is 8.52.